The van der Waals surface area contributed by atoms with Crippen LogP contribution in [0.4, 0.5) is 10.4 Å². The Morgan fingerprint density at radius 2 is 2.09 bits per heavy atom. The number of thiophene rings is 1. The van der Waals surface area contributed by atoms with Gasteiger partial charge in [-0.05, 0) is 36.1 Å². The van der Waals surface area contributed by atoms with E-state index in [1.165, 1.54) is 18.2 Å². The van der Waals surface area contributed by atoms with Crippen molar-refractivity contribution in [3.63, 3.8) is 0 Å². The summed E-state index contributed by atoms with van der Waals surface area (Å²) in [7, 11) is -3.76. The average Bonchev–Trinajstić information content (AvgIpc) is 3.12. The maximum atomic E-state index is 13.3. The Labute approximate surface area is 129 Å². The van der Waals surface area contributed by atoms with E-state index in [4.69, 9.17) is 4.42 Å². The van der Waals surface area contributed by atoms with Gasteiger partial charge in [-0.1, -0.05) is 17.2 Å². The van der Waals surface area contributed by atoms with Gasteiger partial charge in [-0.2, -0.15) is 0 Å². The highest BCUT2D eigenvalue weighted by Crippen LogP contribution is 2.26. The zero-order valence-electron chi connectivity index (χ0n) is 11.3. The number of anilines is 1. The number of sulfonamides is 1. The third-order valence-corrected chi connectivity index (χ3v) is 5.55. The van der Waals surface area contributed by atoms with Crippen molar-refractivity contribution < 1.29 is 17.2 Å². The van der Waals surface area contributed by atoms with E-state index in [0.29, 0.717) is 5.56 Å². The minimum absolute atomic E-state index is 0.0425. The molecule has 0 aliphatic rings. The molecule has 0 bridgehead atoms. The summed E-state index contributed by atoms with van der Waals surface area (Å²) in [6.45, 7) is 1.76. The van der Waals surface area contributed by atoms with Crippen molar-refractivity contribution in [1.82, 2.24) is 10.2 Å². The number of halogens is 1. The molecule has 0 amide bonds. The molecule has 0 radical (unpaired) electrons. The van der Waals surface area contributed by atoms with Crippen LogP contribution < -0.4 is 4.72 Å². The third-order valence-electron chi connectivity index (χ3n) is 2.84. The summed E-state index contributed by atoms with van der Waals surface area (Å²) in [5.41, 5.74) is 1.15. The van der Waals surface area contributed by atoms with Crippen LogP contribution in [0.25, 0.3) is 11.5 Å². The van der Waals surface area contributed by atoms with Gasteiger partial charge in [-0.25, -0.2) is 17.5 Å². The molecule has 0 atom stereocenters. The first-order valence-electron chi connectivity index (χ1n) is 6.12. The van der Waals surface area contributed by atoms with Gasteiger partial charge in [-0.15, -0.1) is 16.4 Å². The standard InChI is InChI=1S/C13H10FN3O3S2/c1-8-4-5-9(14)7-10(8)12-15-16-13(20-12)17-22(18,19)11-3-2-6-21-11/h2-7H,1H3,(H,16,17). The molecule has 0 fully saturated rings. The zero-order valence-corrected chi connectivity index (χ0v) is 12.9. The van der Waals surface area contributed by atoms with Gasteiger partial charge >= 0.3 is 6.01 Å². The molecule has 0 aliphatic heterocycles. The molecule has 0 unspecified atom stereocenters. The lowest BCUT2D eigenvalue weighted by atomic mass is 10.1. The summed E-state index contributed by atoms with van der Waals surface area (Å²) in [4.78, 5) is 0. The maximum Gasteiger partial charge on any atom is 0.330 e. The van der Waals surface area contributed by atoms with Gasteiger partial charge in [0.15, 0.2) is 0 Å². The van der Waals surface area contributed by atoms with E-state index >= 15 is 0 Å². The second-order valence-corrected chi connectivity index (χ2v) is 7.27. The van der Waals surface area contributed by atoms with Crippen LogP contribution in [-0.4, -0.2) is 18.6 Å². The first-order chi connectivity index (χ1) is 10.5. The molecule has 0 spiro atoms. The Kier molecular flexibility index (Phi) is 3.67. The number of hydrogen-bond acceptors (Lipinski definition) is 6. The van der Waals surface area contributed by atoms with Gasteiger partial charge in [0.25, 0.3) is 10.0 Å². The van der Waals surface area contributed by atoms with Crippen LogP contribution in [0.3, 0.4) is 0 Å². The van der Waals surface area contributed by atoms with Gasteiger partial charge in [0, 0.05) is 5.56 Å². The molecular formula is C13H10FN3O3S2. The molecular weight excluding hydrogens is 329 g/mol. The Bertz CT molecular complexity index is 905. The van der Waals surface area contributed by atoms with E-state index in [1.807, 2.05) is 0 Å². The van der Waals surface area contributed by atoms with Gasteiger partial charge in [0.05, 0.1) is 0 Å². The minimum atomic E-state index is -3.76. The van der Waals surface area contributed by atoms with Crippen LogP contribution in [0.15, 0.2) is 44.3 Å². The van der Waals surface area contributed by atoms with E-state index in [2.05, 4.69) is 14.9 Å². The van der Waals surface area contributed by atoms with Crippen molar-refractivity contribution in [3.05, 3.63) is 47.1 Å². The lowest BCUT2D eigenvalue weighted by molar-refractivity contribution is 0.576. The smallest absolute Gasteiger partial charge is 0.330 e. The summed E-state index contributed by atoms with van der Waals surface area (Å²) in [6, 6.07) is 6.95. The molecule has 6 nitrogen and oxygen atoms in total. The van der Waals surface area contributed by atoms with Crippen molar-refractivity contribution in [1.29, 1.82) is 0 Å². The molecule has 9 heteroatoms. The second kappa shape index (κ2) is 5.50. The summed E-state index contributed by atoms with van der Waals surface area (Å²) >= 11 is 1.07. The van der Waals surface area contributed by atoms with Crippen molar-refractivity contribution in [2.45, 2.75) is 11.1 Å². The number of nitrogens with zero attached hydrogens (tertiary/aromatic N) is 2. The topological polar surface area (TPSA) is 85.1 Å². The Hall–Kier alpha value is -2.26. The molecule has 1 aromatic carbocycles. The fourth-order valence-electron chi connectivity index (χ4n) is 1.78. The molecule has 0 saturated carbocycles. The quantitative estimate of drug-likeness (QED) is 0.789. The zero-order chi connectivity index (χ0) is 15.7. The van der Waals surface area contributed by atoms with E-state index < -0.39 is 15.8 Å². The van der Waals surface area contributed by atoms with Crippen molar-refractivity contribution >= 4 is 27.4 Å². The maximum absolute atomic E-state index is 13.3. The van der Waals surface area contributed by atoms with E-state index in [9.17, 15) is 12.8 Å². The highest BCUT2D eigenvalue weighted by Gasteiger charge is 2.19. The molecule has 0 saturated heterocycles. The number of hydrogen-bond donors (Lipinski definition) is 1. The van der Waals surface area contributed by atoms with Crippen molar-refractivity contribution in [2.24, 2.45) is 0 Å². The van der Waals surface area contributed by atoms with Crippen LogP contribution in [0.2, 0.25) is 0 Å². The van der Waals surface area contributed by atoms with Gasteiger partial charge in [-0.3, -0.25) is 0 Å². The molecule has 22 heavy (non-hydrogen) atoms. The van der Waals surface area contributed by atoms with E-state index in [0.717, 1.165) is 16.9 Å². The molecule has 0 aliphatic carbocycles. The number of aryl methyl sites for hydroxylation is 1. The highest BCUT2D eigenvalue weighted by molar-refractivity contribution is 7.94. The Morgan fingerprint density at radius 1 is 1.27 bits per heavy atom. The predicted molar refractivity (Wildman–Crippen MR) is 79.6 cm³/mol. The van der Waals surface area contributed by atoms with Crippen molar-refractivity contribution in [3.8, 4) is 11.5 Å². The van der Waals surface area contributed by atoms with E-state index in [-0.39, 0.29) is 16.1 Å². The summed E-state index contributed by atoms with van der Waals surface area (Å²) in [5, 5.41) is 9.02. The number of rotatable bonds is 4. The summed E-state index contributed by atoms with van der Waals surface area (Å²) < 4.78 is 45.0. The molecule has 3 rings (SSSR count). The summed E-state index contributed by atoms with van der Waals surface area (Å²) in [6.07, 6.45) is 0. The fraction of sp³-hybridized carbons (Fsp3) is 0.0769. The largest absolute Gasteiger partial charge is 0.403 e. The van der Waals surface area contributed by atoms with E-state index in [1.54, 1.807) is 24.4 Å². The van der Waals surface area contributed by atoms with Crippen LogP contribution in [-0.2, 0) is 10.0 Å². The first kappa shape index (κ1) is 14.7. The molecule has 3 aromatic rings. The highest BCUT2D eigenvalue weighted by atomic mass is 32.2. The minimum Gasteiger partial charge on any atom is -0.403 e. The SMILES string of the molecule is Cc1ccc(F)cc1-c1nnc(NS(=O)(=O)c2cccs2)o1. The molecule has 2 heterocycles. The van der Waals surface area contributed by atoms with Crippen LogP contribution >= 0.6 is 11.3 Å². The third kappa shape index (κ3) is 2.85. The number of benzene rings is 1. The Morgan fingerprint density at radius 3 is 2.82 bits per heavy atom. The normalized spacial score (nSPS) is 11.5. The lowest BCUT2D eigenvalue weighted by Gasteiger charge is -2.01. The average molecular weight is 339 g/mol. The monoisotopic (exact) mass is 339 g/mol. The number of nitrogens with one attached hydrogen (secondary N) is 1. The van der Waals surface area contributed by atoms with Gasteiger partial charge < -0.3 is 4.42 Å². The molecule has 1 N–H and O–H groups in total. The second-order valence-electron chi connectivity index (χ2n) is 4.41. The first-order valence-corrected chi connectivity index (χ1v) is 8.48. The lowest BCUT2D eigenvalue weighted by Crippen LogP contribution is -2.11. The predicted octanol–water partition coefficient (Wildman–Crippen LogP) is 3.05. The van der Waals surface area contributed by atoms with Gasteiger partial charge in [0.1, 0.15) is 10.0 Å². The van der Waals surface area contributed by atoms with Crippen LogP contribution in [0.5, 0.6) is 0 Å². The molecule has 2 aromatic heterocycles. The van der Waals surface area contributed by atoms with Crippen LogP contribution in [0, 0.1) is 12.7 Å². The summed E-state index contributed by atoms with van der Waals surface area (Å²) in [5.74, 6) is -0.402. The number of aromatic nitrogens is 2. The fourth-order valence-corrected chi connectivity index (χ4v) is 3.70. The van der Waals surface area contributed by atoms with Crippen molar-refractivity contribution in [2.75, 3.05) is 4.72 Å². The Balaban J connectivity index is 1.90. The van der Waals surface area contributed by atoms with Gasteiger partial charge in [0.2, 0.25) is 5.89 Å². The van der Waals surface area contributed by atoms with Crippen LogP contribution in [0.1, 0.15) is 5.56 Å². The molecule has 114 valence electrons.